The van der Waals surface area contributed by atoms with Crippen LogP contribution in [0.25, 0.3) is 5.69 Å². The summed E-state index contributed by atoms with van der Waals surface area (Å²) in [7, 11) is 1.94. The third-order valence-electron chi connectivity index (χ3n) is 3.77. The Balaban J connectivity index is 2.58. The normalized spacial score (nSPS) is 12.0. The summed E-state index contributed by atoms with van der Waals surface area (Å²) >= 11 is 5.86. The number of nitrogens with zero attached hydrogens (tertiary/aromatic N) is 2. The number of aromatic nitrogens is 2. The molecule has 0 saturated heterocycles. The van der Waals surface area contributed by atoms with E-state index < -0.39 is 47.2 Å². The van der Waals surface area contributed by atoms with Crippen LogP contribution in [0.15, 0.2) is 39.6 Å². The first-order valence-electron chi connectivity index (χ1n) is 7.86. The number of halogens is 5. The zero-order chi connectivity index (χ0) is 22.8. The first-order chi connectivity index (χ1) is 13.9. The molecule has 0 bridgehead atoms. The predicted octanol–water partition coefficient (Wildman–Crippen LogP) is 2.34. The van der Waals surface area contributed by atoms with Crippen molar-refractivity contribution in [3.63, 3.8) is 0 Å². The summed E-state index contributed by atoms with van der Waals surface area (Å²) in [6, 6.07) is 1.65. The fraction of sp³-hybridized carbons (Fsp3) is 0.235. The quantitative estimate of drug-likeness (QED) is 0.410. The molecule has 0 aliphatic heterocycles. The molecule has 13 heteroatoms. The maximum Gasteiger partial charge on any atom is 0.431 e. The summed E-state index contributed by atoms with van der Waals surface area (Å²) in [5, 5.41) is 8.41. The third kappa shape index (κ3) is 4.82. The van der Waals surface area contributed by atoms with Crippen molar-refractivity contribution < 1.29 is 36.9 Å². The van der Waals surface area contributed by atoms with E-state index in [1.165, 1.54) is 7.11 Å². The molecule has 0 aliphatic carbocycles. The zero-order valence-corrected chi connectivity index (χ0v) is 16.0. The van der Waals surface area contributed by atoms with Gasteiger partial charge in [-0.05, 0) is 6.07 Å². The van der Waals surface area contributed by atoms with Crippen LogP contribution >= 0.6 is 11.6 Å². The molecule has 0 amide bonds. The second-order valence-electron chi connectivity index (χ2n) is 5.72. The van der Waals surface area contributed by atoms with Crippen LogP contribution in [0.4, 0.5) is 17.6 Å². The van der Waals surface area contributed by atoms with Gasteiger partial charge in [0.1, 0.15) is 29.6 Å². The maximum absolute atomic E-state index is 14.4. The van der Waals surface area contributed by atoms with Gasteiger partial charge in [0, 0.05) is 19.2 Å². The molecule has 1 N–H and O–H groups in total. The molecule has 0 spiro atoms. The number of hydrogen-bond donors (Lipinski definition) is 1. The molecular formula is C17H13ClF4N2O6. The SMILES string of the molecule is CO/C(=C/C(=O)O)COc1cc(-n2c(=O)cc(C(F)(F)F)n(C)c2=O)c(F)cc1Cl. The van der Waals surface area contributed by atoms with Crippen molar-refractivity contribution in [3.8, 4) is 11.4 Å². The van der Waals surface area contributed by atoms with Crippen molar-refractivity contribution in [2.45, 2.75) is 6.18 Å². The van der Waals surface area contributed by atoms with E-state index >= 15 is 0 Å². The minimum atomic E-state index is -4.98. The molecule has 0 radical (unpaired) electrons. The van der Waals surface area contributed by atoms with Crippen molar-refractivity contribution in [1.82, 2.24) is 9.13 Å². The van der Waals surface area contributed by atoms with E-state index in [9.17, 15) is 31.9 Å². The number of carboxylic acids is 1. The van der Waals surface area contributed by atoms with Gasteiger partial charge in [-0.1, -0.05) is 11.6 Å². The lowest BCUT2D eigenvalue weighted by Gasteiger charge is -2.16. The fourth-order valence-corrected chi connectivity index (χ4v) is 2.57. The Bertz CT molecular complexity index is 1140. The largest absolute Gasteiger partial charge is 0.497 e. The van der Waals surface area contributed by atoms with E-state index in [2.05, 4.69) is 0 Å². The van der Waals surface area contributed by atoms with Gasteiger partial charge in [-0.15, -0.1) is 0 Å². The maximum atomic E-state index is 14.4. The molecule has 162 valence electrons. The predicted molar refractivity (Wildman–Crippen MR) is 95.5 cm³/mol. The van der Waals surface area contributed by atoms with Crippen LogP contribution < -0.4 is 16.0 Å². The Hall–Kier alpha value is -3.28. The van der Waals surface area contributed by atoms with Crippen LogP contribution in [-0.4, -0.2) is 33.9 Å². The summed E-state index contributed by atoms with van der Waals surface area (Å²) in [6.45, 7) is -0.465. The second-order valence-corrected chi connectivity index (χ2v) is 6.13. The van der Waals surface area contributed by atoms with E-state index in [0.717, 1.165) is 13.1 Å². The third-order valence-corrected chi connectivity index (χ3v) is 4.06. The smallest absolute Gasteiger partial charge is 0.431 e. The summed E-state index contributed by atoms with van der Waals surface area (Å²) in [4.78, 5) is 35.2. The van der Waals surface area contributed by atoms with Crippen LogP contribution in [-0.2, 0) is 22.8 Å². The summed E-state index contributed by atoms with van der Waals surface area (Å²) < 4.78 is 63.6. The van der Waals surface area contributed by atoms with E-state index in [1.807, 2.05) is 0 Å². The van der Waals surface area contributed by atoms with Crippen LogP contribution in [0.2, 0.25) is 5.02 Å². The van der Waals surface area contributed by atoms with Crippen molar-refractivity contribution in [2.75, 3.05) is 13.7 Å². The van der Waals surface area contributed by atoms with Crippen LogP contribution in [0, 0.1) is 5.82 Å². The molecule has 1 aromatic heterocycles. The van der Waals surface area contributed by atoms with E-state index in [-0.39, 0.29) is 31.7 Å². The first kappa shape index (κ1) is 23.0. The molecule has 0 aliphatic rings. The Morgan fingerprint density at radius 1 is 1.27 bits per heavy atom. The highest BCUT2D eigenvalue weighted by atomic mass is 35.5. The highest BCUT2D eigenvalue weighted by Crippen LogP contribution is 2.30. The molecule has 2 rings (SSSR count). The number of carboxylic acid groups (broad SMARTS) is 1. The van der Waals surface area contributed by atoms with Crippen molar-refractivity contribution >= 4 is 17.6 Å². The molecule has 0 atom stereocenters. The van der Waals surface area contributed by atoms with E-state index in [1.54, 1.807) is 0 Å². The second kappa shape index (κ2) is 8.61. The van der Waals surface area contributed by atoms with Crippen LogP contribution in [0.1, 0.15) is 5.69 Å². The number of alkyl halides is 3. The highest BCUT2D eigenvalue weighted by molar-refractivity contribution is 6.32. The van der Waals surface area contributed by atoms with Crippen LogP contribution in [0.5, 0.6) is 5.75 Å². The van der Waals surface area contributed by atoms with Gasteiger partial charge in [-0.2, -0.15) is 13.2 Å². The standard InChI is InChI=1S/C17H13ClF4N2O6/c1-23-13(17(20,21)22)6-14(25)24(16(23)28)11-5-12(9(18)4-10(11)19)30-7-8(29-2)3-15(26)27/h3-6H,7H2,1-2H3,(H,26,27)/b8-3+. The number of rotatable bonds is 6. The number of ether oxygens (including phenoxy) is 2. The topological polar surface area (TPSA) is 99.8 Å². The first-order valence-corrected chi connectivity index (χ1v) is 8.24. The monoisotopic (exact) mass is 452 g/mol. The molecule has 0 fully saturated rings. The zero-order valence-electron chi connectivity index (χ0n) is 15.3. The van der Waals surface area contributed by atoms with E-state index in [4.69, 9.17) is 26.2 Å². The number of carbonyl (C=O) groups is 1. The average Bonchev–Trinajstić information content (AvgIpc) is 2.63. The van der Waals surface area contributed by atoms with Crippen molar-refractivity contribution in [3.05, 3.63) is 67.4 Å². The lowest BCUT2D eigenvalue weighted by molar-refractivity contribution is -0.144. The van der Waals surface area contributed by atoms with Gasteiger partial charge >= 0.3 is 17.8 Å². The van der Waals surface area contributed by atoms with Gasteiger partial charge in [0.05, 0.1) is 23.9 Å². The summed E-state index contributed by atoms with van der Waals surface area (Å²) in [5.41, 5.74) is -5.11. The molecule has 30 heavy (non-hydrogen) atoms. The number of methoxy groups -OCH3 is 1. The summed E-state index contributed by atoms with van der Waals surface area (Å²) in [5.74, 6) is -2.94. The molecule has 1 heterocycles. The number of aliphatic carboxylic acids is 1. The molecule has 0 unspecified atom stereocenters. The van der Waals surface area contributed by atoms with Crippen molar-refractivity contribution in [1.29, 1.82) is 0 Å². The Kier molecular flexibility index (Phi) is 6.60. The van der Waals surface area contributed by atoms with Gasteiger partial charge < -0.3 is 14.6 Å². The Morgan fingerprint density at radius 3 is 2.43 bits per heavy atom. The van der Waals surface area contributed by atoms with E-state index in [0.29, 0.717) is 12.1 Å². The number of hydrogen-bond acceptors (Lipinski definition) is 5. The molecule has 1 aromatic carbocycles. The van der Waals surface area contributed by atoms with Gasteiger partial charge in [0.15, 0.2) is 0 Å². The highest BCUT2D eigenvalue weighted by Gasteiger charge is 2.35. The van der Waals surface area contributed by atoms with Gasteiger partial charge in [0.2, 0.25) is 0 Å². The Labute approximate surface area is 170 Å². The molecular weight excluding hydrogens is 440 g/mol. The van der Waals surface area contributed by atoms with Gasteiger partial charge in [0.25, 0.3) is 5.56 Å². The van der Waals surface area contributed by atoms with Gasteiger partial charge in [-0.25, -0.2) is 18.5 Å². The molecule has 2 aromatic rings. The Morgan fingerprint density at radius 2 is 1.90 bits per heavy atom. The van der Waals surface area contributed by atoms with Crippen molar-refractivity contribution in [2.24, 2.45) is 7.05 Å². The lowest BCUT2D eigenvalue weighted by Crippen LogP contribution is -2.41. The van der Waals surface area contributed by atoms with Gasteiger partial charge in [-0.3, -0.25) is 9.36 Å². The number of benzene rings is 1. The molecule has 8 nitrogen and oxygen atoms in total. The average molecular weight is 453 g/mol. The summed E-state index contributed by atoms with van der Waals surface area (Å²) in [6.07, 6.45) is -4.29. The molecule has 0 saturated carbocycles. The lowest BCUT2D eigenvalue weighted by atomic mass is 10.2. The minimum Gasteiger partial charge on any atom is -0.497 e. The van der Waals surface area contributed by atoms with Crippen LogP contribution in [0.3, 0.4) is 0 Å². The fourth-order valence-electron chi connectivity index (χ4n) is 2.37. The minimum absolute atomic E-state index is 0.146.